The smallest absolute Gasteiger partial charge is 0.221 e. The van der Waals surface area contributed by atoms with E-state index in [4.69, 9.17) is 14.5 Å². The number of hydrogen-bond donors (Lipinski definition) is 1. The second kappa shape index (κ2) is 12.4. The Labute approximate surface area is 206 Å². The molecule has 0 aliphatic heterocycles. The van der Waals surface area contributed by atoms with Gasteiger partial charge in [-0.05, 0) is 50.5 Å². The number of ether oxygens (including phenoxy) is 2. The second-order valence-electron chi connectivity index (χ2n) is 8.48. The first kappa shape index (κ1) is 25.5. The number of nitrogens with one attached hydrogen (secondary N) is 1. The van der Waals surface area contributed by atoms with Gasteiger partial charge in [-0.3, -0.25) is 4.79 Å². The lowest BCUT2D eigenvalue weighted by Crippen LogP contribution is -2.35. The summed E-state index contributed by atoms with van der Waals surface area (Å²) in [4.78, 5) is 19.4. The molecule has 0 spiro atoms. The van der Waals surface area contributed by atoms with Gasteiger partial charge in [-0.25, -0.2) is 4.98 Å². The Morgan fingerprint density at radius 1 is 1.06 bits per heavy atom. The molecule has 3 rings (SSSR count). The normalized spacial score (nSPS) is 10.9. The van der Waals surface area contributed by atoms with Gasteiger partial charge in [0.2, 0.25) is 11.0 Å². The molecular weight excluding hydrogens is 448 g/mol. The highest BCUT2D eigenvalue weighted by Gasteiger charge is 2.17. The standard InChI is InChI=1S/C26H34N4O3S/c1-18(2)30(26-28-24(29-34-26)17-20-8-6-19(3)7-9-20)15-13-25(31)27-14-12-21-10-11-22(32-4)23(16-21)33-5/h6-11,16,18H,12-15,17H2,1-5H3,(H,27,31). The molecule has 0 fully saturated rings. The van der Waals surface area contributed by atoms with E-state index in [-0.39, 0.29) is 11.9 Å². The number of carbonyl (C=O) groups is 1. The summed E-state index contributed by atoms with van der Waals surface area (Å²) in [7, 11) is 3.23. The van der Waals surface area contributed by atoms with Crippen LogP contribution in [-0.4, -0.2) is 48.6 Å². The van der Waals surface area contributed by atoms with Gasteiger partial charge in [0, 0.05) is 43.5 Å². The van der Waals surface area contributed by atoms with Crippen molar-refractivity contribution in [3.63, 3.8) is 0 Å². The monoisotopic (exact) mass is 482 g/mol. The van der Waals surface area contributed by atoms with Crippen molar-refractivity contribution in [1.82, 2.24) is 14.7 Å². The van der Waals surface area contributed by atoms with Crippen molar-refractivity contribution in [3.8, 4) is 11.5 Å². The minimum atomic E-state index is 0.0236. The number of aromatic nitrogens is 2. The Hall–Kier alpha value is -3.13. The van der Waals surface area contributed by atoms with E-state index < -0.39 is 0 Å². The van der Waals surface area contributed by atoms with Gasteiger partial charge in [0.15, 0.2) is 11.5 Å². The molecular formula is C26H34N4O3S. The first-order chi connectivity index (χ1) is 16.4. The van der Waals surface area contributed by atoms with E-state index >= 15 is 0 Å². The first-order valence-electron chi connectivity index (χ1n) is 11.5. The van der Waals surface area contributed by atoms with E-state index in [1.54, 1.807) is 14.2 Å². The van der Waals surface area contributed by atoms with Crippen molar-refractivity contribution in [2.75, 3.05) is 32.2 Å². The molecule has 0 radical (unpaired) electrons. The van der Waals surface area contributed by atoms with Gasteiger partial charge >= 0.3 is 0 Å². The molecule has 182 valence electrons. The maximum Gasteiger partial charge on any atom is 0.221 e. The molecule has 0 aliphatic rings. The third kappa shape index (κ3) is 7.18. The van der Waals surface area contributed by atoms with Gasteiger partial charge in [0.1, 0.15) is 5.82 Å². The molecule has 1 amide bonds. The van der Waals surface area contributed by atoms with E-state index in [9.17, 15) is 4.79 Å². The lowest BCUT2D eigenvalue weighted by molar-refractivity contribution is -0.120. The Balaban J connectivity index is 1.49. The zero-order valence-electron chi connectivity index (χ0n) is 20.6. The number of carbonyl (C=O) groups excluding carboxylic acids is 1. The van der Waals surface area contributed by atoms with Gasteiger partial charge < -0.3 is 19.7 Å². The zero-order chi connectivity index (χ0) is 24.5. The average Bonchev–Trinajstić information content (AvgIpc) is 3.28. The number of benzene rings is 2. The van der Waals surface area contributed by atoms with Crippen molar-refractivity contribution in [3.05, 3.63) is 65.0 Å². The summed E-state index contributed by atoms with van der Waals surface area (Å²) >= 11 is 1.39. The highest BCUT2D eigenvalue weighted by Crippen LogP contribution is 2.27. The Kier molecular flexibility index (Phi) is 9.27. The molecule has 1 aromatic heterocycles. The van der Waals surface area contributed by atoms with Crippen LogP contribution in [-0.2, 0) is 17.6 Å². The third-order valence-electron chi connectivity index (χ3n) is 5.57. The third-order valence-corrected chi connectivity index (χ3v) is 6.36. The molecule has 34 heavy (non-hydrogen) atoms. The predicted octanol–water partition coefficient (Wildman–Crippen LogP) is 4.42. The summed E-state index contributed by atoms with van der Waals surface area (Å²) in [5, 5.41) is 3.87. The molecule has 0 aliphatic carbocycles. The molecule has 0 unspecified atom stereocenters. The quantitative estimate of drug-likeness (QED) is 0.412. The summed E-state index contributed by atoms with van der Waals surface area (Å²) in [6, 6.07) is 14.5. The van der Waals surface area contributed by atoms with Gasteiger partial charge in [-0.2, -0.15) is 4.37 Å². The van der Waals surface area contributed by atoms with Crippen LogP contribution >= 0.6 is 11.5 Å². The van der Waals surface area contributed by atoms with Gasteiger partial charge in [-0.1, -0.05) is 35.9 Å². The fourth-order valence-electron chi connectivity index (χ4n) is 3.59. The van der Waals surface area contributed by atoms with Gasteiger partial charge in [0.25, 0.3) is 0 Å². The highest BCUT2D eigenvalue weighted by molar-refractivity contribution is 7.09. The van der Waals surface area contributed by atoms with E-state index in [2.05, 4.69) is 59.6 Å². The van der Waals surface area contributed by atoms with Gasteiger partial charge in [0.05, 0.1) is 14.2 Å². The summed E-state index contributed by atoms with van der Waals surface area (Å²) in [5.74, 6) is 2.23. The Bertz CT molecular complexity index is 1070. The van der Waals surface area contributed by atoms with Crippen LogP contribution in [0.1, 0.15) is 42.8 Å². The van der Waals surface area contributed by atoms with E-state index in [0.717, 1.165) is 22.9 Å². The fraction of sp³-hybridized carbons (Fsp3) is 0.423. The maximum atomic E-state index is 12.5. The minimum Gasteiger partial charge on any atom is -0.493 e. The molecule has 0 saturated carbocycles. The van der Waals surface area contributed by atoms with Crippen LogP contribution in [0.3, 0.4) is 0 Å². The minimum absolute atomic E-state index is 0.0236. The van der Waals surface area contributed by atoms with Crippen molar-refractivity contribution >= 4 is 22.6 Å². The van der Waals surface area contributed by atoms with Gasteiger partial charge in [-0.15, -0.1) is 0 Å². The largest absolute Gasteiger partial charge is 0.493 e. The highest BCUT2D eigenvalue weighted by atomic mass is 32.1. The Morgan fingerprint density at radius 2 is 1.76 bits per heavy atom. The average molecular weight is 483 g/mol. The van der Waals surface area contributed by atoms with Crippen molar-refractivity contribution in [2.24, 2.45) is 0 Å². The Morgan fingerprint density at radius 3 is 2.44 bits per heavy atom. The maximum absolute atomic E-state index is 12.5. The SMILES string of the molecule is COc1ccc(CCNC(=O)CCN(c2nc(Cc3ccc(C)cc3)ns2)C(C)C)cc1OC. The molecule has 8 heteroatoms. The molecule has 3 aromatic rings. The van der Waals surface area contributed by atoms with E-state index in [1.165, 1.54) is 22.7 Å². The number of amides is 1. The lowest BCUT2D eigenvalue weighted by Gasteiger charge is -2.25. The van der Waals surface area contributed by atoms with Crippen LogP contribution in [0.2, 0.25) is 0 Å². The van der Waals surface area contributed by atoms with Crippen molar-refractivity contribution in [1.29, 1.82) is 0 Å². The van der Waals surface area contributed by atoms with Crippen molar-refractivity contribution in [2.45, 2.75) is 46.1 Å². The van der Waals surface area contributed by atoms with Crippen LogP contribution in [0.5, 0.6) is 11.5 Å². The summed E-state index contributed by atoms with van der Waals surface area (Å²) in [5.41, 5.74) is 3.51. The molecule has 0 saturated heterocycles. The second-order valence-corrected chi connectivity index (χ2v) is 9.21. The van der Waals surface area contributed by atoms with Crippen LogP contribution in [0.25, 0.3) is 0 Å². The topological polar surface area (TPSA) is 76.6 Å². The van der Waals surface area contributed by atoms with Crippen LogP contribution in [0.4, 0.5) is 5.13 Å². The molecule has 0 bridgehead atoms. The number of methoxy groups -OCH3 is 2. The first-order valence-corrected chi connectivity index (χ1v) is 12.3. The summed E-state index contributed by atoms with van der Waals surface area (Å²) in [6.45, 7) is 7.45. The molecule has 0 atom stereocenters. The number of nitrogens with zero attached hydrogens (tertiary/aromatic N) is 3. The van der Waals surface area contributed by atoms with Crippen LogP contribution in [0.15, 0.2) is 42.5 Å². The number of hydrogen-bond acceptors (Lipinski definition) is 7. The molecule has 7 nitrogen and oxygen atoms in total. The number of rotatable bonds is 12. The zero-order valence-corrected chi connectivity index (χ0v) is 21.4. The predicted molar refractivity (Wildman–Crippen MR) is 137 cm³/mol. The number of anilines is 1. The number of aryl methyl sites for hydroxylation is 1. The van der Waals surface area contributed by atoms with E-state index in [0.29, 0.717) is 37.4 Å². The van der Waals surface area contributed by atoms with Crippen LogP contribution in [0, 0.1) is 6.92 Å². The molecule has 2 aromatic carbocycles. The molecule has 1 N–H and O–H groups in total. The van der Waals surface area contributed by atoms with Crippen molar-refractivity contribution < 1.29 is 14.3 Å². The lowest BCUT2D eigenvalue weighted by atomic mass is 10.1. The fourth-order valence-corrected chi connectivity index (χ4v) is 4.43. The van der Waals surface area contributed by atoms with E-state index in [1.807, 2.05) is 18.2 Å². The summed E-state index contributed by atoms with van der Waals surface area (Å²) in [6.07, 6.45) is 1.83. The summed E-state index contributed by atoms with van der Waals surface area (Å²) < 4.78 is 15.2. The van der Waals surface area contributed by atoms with Crippen LogP contribution < -0.4 is 19.7 Å². The molecule has 1 heterocycles.